The van der Waals surface area contributed by atoms with Crippen molar-refractivity contribution in [3.8, 4) is 5.69 Å². The smallest absolute Gasteiger partial charge is 0.244 e. The first kappa shape index (κ1) is 24.2. The lowest BCUT2D eigenvalue weighted by Gasteiger charge is -2.45. The number of anilines is 1. The zero-order valence-corrected chi connectivity index (χ0v) is 21.1. The third-order valence-corrected chi connectivity index (χ3v) is 9.41. The molecule has 37 heavy (non-hydrogen) atoms. The van der Waals surface area contributed by atoms with Crippen LogP contribution < -0.4 is 4.90 Å². The number of sulfonamides is 1. The van der Waals surface area contributed by atoms with Gasteiger partial charge in [-0.15, -0.1) is 0 Å². The molecule has 11 heteroatoms. The molecule has 9 nitrogen and oxygen atoms in total. The summed E-state index contributed by atoms with van der Waals surface area (Å²) in [5.41, 5.74) is 2.81. The number of rotatable bonds is 5. The van der Waals surface area contributed by atoms with Gasteiger partial charge in [-0.2, -0.15) is 9.40 Å². The lowest BCUT2D eigenvalue weighted by Crippen LogP contribution is -2.51. The van der Waals surface area contributed by atoms with E-state index < -0.39 is 15.4 Å². The van der Waals surface area contributed by atoms with E-state index in [1.54, 1.807) is 35.1 Å². The molecule has 4 heterocycles. The summed E-state index contributed by atoms with van der Waals surface area (Å²) in [5.74, 6) is 0.415. The number of halogens is 1. The number of hydrogen-bond donors (Lipinski definition) is 1. The Morgan fingerprint density at radius 3 is 2.54 bits per heavy atom. The maximum atomic E-state index is 13.6. The SMILES string of the molecule is O=S(=O)(c1ccc(N2CCOCC2)nc1)N1CCC2=Cc3c(cnn3-c3ccc(F)cc3)C[C@]2(CO)C1. The van der Waals surface area contributed by atoms with Gasteiger partial charge in [-0.1, -0.05) is 5.57 Å². The van der Waals surface area contributed by atoms with Gasteiger partial charge in [0.15, 0.2) is 0 Å². The van der Waals surface area contributed by atoms with Gasteiger partial charge in [-0.3, -0.25) is 0 Å². The highest BCUT2D eigenvalue weighted by atomic mass is 32.2. The first-order chi connectivity index (χ1) is 17.9. The highest BCUT2D eigenvalue weighted by molar-refractivity contribution is 7.89. The Morgan fingerprint density at radius 1 is 1.05 bits per heavy atom. The van der Waals surface area contributed by atoms with Crippen molar-refractivity contribution < 1.29 is 22.7 Å². The standard InChI is InChI=1S/C26H28FN5O4S/c27-21-1-3-22(4-2-21)32-24-13-20-7-8-31(17-26(20,18-33)14-19(24)15-29-32)37(34,35)23-5-6-25(28-16-23)30-9-11-36-12-10-30/h1-6,13,15-16,33H,7-12,14,17-18H2/t26-/m1/s1. The molecule has 1 aromatic carbocycles. The number of hydrogen-bond acceptors (Lipinski definition) is 7. The molecular formula is C26H28FN5O4S. The summed E-state index contributed by atoms with van der Waals surface area (Å²) in [4.78, 5) is 6.64. The molecule has 1 atom stereocenters. The van der Waals surface area contributed by atoms with E-state index in [4.69, 9.17) is 4.74 Å². The molecule has 1 aliphatic carbocycles. The first-order valence-electron chi connectivity index (χ1n) is 12.3. The number of pyridine rings is 1. The van der Waals surface area contributed by atoms with Gasteiger partial charge < -0.3 is 14.7 Å². The second-order valence-corrected chi connectivity index (χ2v) is 11.7. The Labute approximate surface area is 214 Å². The number of fused-ring (bicyclic) bond motifs is 2. The number of morpholine rings is 1. The molecule has 194 valence electrons. The van der Waals surface area contributed by atoms with Gasteiger partial charge in [0.05, 0.1) is 37.4 Å². The molecule has 0 unspecified atom stereocenters. The minimum absolute atomic E-state index is 0.144. The zero-order chi connectivity index (χ0) is 25.6. The molecule has 0 amide bonds. The quantitative estimate of drug-likeness (QED) is 0.545. The molecule has 0 spiro atoms. The summed E-state index contributed by atoms with van der Waals surface area (Å²) in [7, 11) is -3.79. The van der Waals surface area contributed by atoms with Crippen LogP contribution in [-0.4, -0.2) is 78.6 Å². The van der Waals surface area contributed by atoms with Crippen LogP contribution in [0.5, 0.6) is 0 Å². The number of aliphatic hydroxyl groups is 1. The van der Waals surface area contributed by atoms with Crippen molar-refractivity contribution in [1.29, 1.82) is 0 Å². The predicted octanol–water partition coefficient (Wildman–Crippen LogP) is 2.26. The van der Waals surface area contributed by atoms with Gasteiger partial charge in [0, 0.05) is 37.8 Å². The van der Waals surface area contributed by atoms with E-state index in [1.165, 1.54) is 22.6 Å². The molecule has 0 saturated carbocycles. The minimum Gasteiger partial charge on any atom is -0.395 e. The number of ether oxygens (including phenoxy) is 1. The maximum Gasteiger partial charge on any atom is 0.244 e. The molecule has 3 aromatic rings. The van der Waals surface area contributed by atoms with Gasteiger partial charge in [-0.05, 0) is 60.9 Å². The fraction of sp³-hybridized carbons (Fsp3) is 0.385. The van der Waals surface area contributed by atoms with E-state index >= 15 is 0 Å². The van der Waals surface area contributed by atoms with E-state index in [0.717, 1.165) is 41.4 Å². The molecule has 0 radical (unpaired) electrons. The summed E-state index contributed by atoms with van der Waals surface area (Å²) < 4.78 is 49.2. The average molecular weight is 526 g/mol. The minimum atomic E-state index is -3.79. The number of piperidine rings is 1. The van der Waals surface area contributed by atoms with Crippen LogP contribution in [0.25, 0.3) is 11.8 Å². The highest BCUT2D eigenvalue weighted by Gasteiger charge is 2.45. The fourth-order valence-corrected chi connectivity index (χ4v) is 6.96. The Morgan fingerprint density at radius 2 is 1.84 bits per heavy atom. The van der Waals surface area contributed by atoms with Gasteiger partial charge in [-0.25, -0.2) is 22.5 Å². The zero-order valence-electron chi connectivity index (χ0n) is 20.3. The second-order valence-electron chi connectivity index (χ2n) is 9.77. The van der Waals surface area contributed by atoms with Gasteiger partial charge in [0.2, 0.25) is 10.0 Å². The second kappa shape index (κ2) is 9.32. The Bertz CT molecular complexity index is 1430. The van der Waals surface area contributed by atoms with Crippen molar-refractivity contribution in [1.82, 2.24) is 19.1 Å². The van der Waals surface area contributed by atoms with Crippen LogP contribution in [0.2, 0.25) is 0 Å². The van der Waals surface area contributed by atoms with Crippen LogP contribution in [0.1, 0.15) is 17.7 Å². The summed E-state index contributed by atoms with van der Waals surface area (Å²) in [6, 6.07) is 9.47. The topological polar surface area (TPSA) is 101 Å². The number of nitrogens with zero attached hydrogens (tertiary/aromatic N) is 5. The fourth-order valence-electron chi connectivity index (χ4n) is 5.49. The number of aliphatic hydroxyl groups excluding tert-OH is 1. The molecule has 2 aliphatic heterocycles. The van der Waals surface area contributed by atoms with Crippen molar-refractivity contribution in [2.45, 2.75) is 17.7 Å². The summed E-state index contributed by atoms with van der Waals surface area (Å²) in [5, 5.41) is 15.0. The molecule has 0 bridgehead atoms. The Hall–Kier alpha value is -3.12. The lowest BCUT2D eigenvalue weighted by atomic mass is 9.69. The van der Waals surface area contributed by atoms with E-state index in [9.17, 15) is 17.9 Å². The summed E-state index contributed by atoms with van der Waals surface area (Å²) in [6.45, 7) is 2.99. The normalized spacial score (nSPS) is 22.3. The van der Waals surface area contributed by atoms with Crippen molar-refractivity contribution in [2.24, 2.45) is 5.41 Å². The van der Waals surface area contributed by atoms with Crippen LogP contribution >= 0.6 is 0 Å². The first-order valence-corrected chi connectivity index (χ1v) is 13.8. The maximum absolute atomic E-state index is 13.6. The predicted molar refractivity (Wildman–Crippen MR) is 135 cm³/mol. The van der Waals surface area contributed by atoms with Gasteiger partial charge in [0.1, 0.15) is 16.5 Å². The van der Waals surface area contributed by atoms with E-state index in [-0.39, 0.29) is 23.9 Å². The highest BCUT2D eigenvalue weighted by Crippen LogP contribution is 2.45. The molecular weight excluding hydrogens is 497 g/mol. The third kappa shape index (κ3) is 4.25. The molecule has 3 aliphatic rings. The van der Waals surface area contributed by atoms with Crippen molar-refractivity contribution in [3.05, 3.63) is 71.4 Å². The molecule has 1 N–H and O–H groups in total. The van der Waals surface area contributed by atoms with Crippen LogP contribution in [0.15, 0.2) is 59.3 Å². The third-order valence-electron chi connectivity index (χ3n) is 7.58. The Kier molecular flexibility index (Phi) is 6.10. The number of benzene rings is 1. The molecule has 2 saturated heterocycles. The summed E-state index contributed by atoms with van der Waals surface area (Å²) in [6.07, 6.45) is 6.13. The van der Waals surface area contributed by atoms with E-state index in [0.29, 0.717) is 32.6 Å². The monoisotopic (exact) mass is 525 g/mol. The van der Waals surface area contributed by atoms with Crippen LogP contribution in [0.3, 0.4) is 0 Å². The largest absolute Gasteiger partial charge is 0.395 e. The lowest BCUT2D eigenvalue weighted by molar-refractivity contribution is 0.111. The van der Waals surface area contributed by atoms with E-state index in [1.807, 2.05) is 6.08 Å². The Balaban J connectivity index is 1.26. The van der Waals surface area contributed by atoms with Gasteiger partial charge in [0.25, 0.3) is 0 Å². The molecule has 2 fully saturated rings. The molecule has 2 aromatic heterocycles. The van der Waals surface area contributed by atoms with Crippen molar-refractivity contribution >= 4 is 21.9 Å². The molecule has 6 rings (SSSR count). The summed E-state index contributed by atoms with van der Waals surface area (Å²) >= 11 is 0. The van der Waals surface area contributed by atoms with E-state index in [2.05, 4.69) is 15.0 Å². The van der Waals surface area contributed by atoms with Crippen molar-refractivity contribution in [2.75, 3.05) is 50.9 Å². The van der Waals surface area contributed by atoms with Crippen LogP contribution in [0, 0.1) is 11.2 Å². The van der Waals surface area contributed by atoms with Crippen LogP contribution in [0.4, 0.5) is 10.2 Å². The van der Waals surface area contributed by atoms with Crippen LogP contribution in [-0.2, 0) is 21.2 Å². The van der Waals surface area contributed by atoms with Crippen molar-refractivity contribution in [3.63, 3.8) is 0 Å². The number of aromatic nitrogens is 3. The average Bonchev–Trinajstić information content (AvgIpc) is 3.34. The van der Waals surface area contributed by atoms with Gasteiger partial charge >= 0.3 is 0 Å².